The highest BCUT2D eigenvalue weighted by Gasteiger charge is 2.12. The summed E-state index contributed by atoms with van der Waals surface area (Å²) in [5.41, 5.74) is 0.387. The summed E-state index contributed by atoms with van der Waals surface area (Å²) in [6.07, 6.45) is 0. The maximum Gasteiger partial charge on any atom is 0.426 e. The van der Waals surface area contributed by atoms with Gasteiger partial charge in [0.15, 0.2) is 0 Å². The van der Waals surface area contributed by atoms with Gasteiger partial charge in [0, 0.05) is 5.82 Å². The van der Waals surface area contributed by atoms with Crippen molar-refractivity contribution in [3.63, 3.8) is 0 Å². The largest absolute Gasteiger partial charge is 0.426 e. The Morgan fingerprint density at radius 1 is 1.50 bits per heavy atom. The topological polar surface area (TPSA) is 17.1 Å². The lowest BCUT2D eigenvalue weighted by Gasteiger charge is -1.87. The molecule has 0 amide bonds. The first-order valence-electron chi connectivity index (χ1n) is 2.07. The van der Waals surface area contributed by atoms with E-state index in [0.717, 1.165) is 0 Å². The van der Waals surface area contributed by atoms with Gasteiger partial charge in [-0.15, -0.1) is 8.39 Å². The predicted molar refractivity (Wildman–Crippen MR) is 29.3 cm³/mol. The maximum absolute atomic E-state index is 11.5. The zero-order valence-corrected chi connectivity index (χ0v) is 5.58. The van der Waals surface area contributed by atoms with E-state index in [1.807, 2.05) is 0 Å². The van der Waals surface area contributed by atoms with E-state index in [2.05, 4.69) is 0 Å². The van der Waals surface area contributed by atoms with Crippen molar-refractivity contribution in [3.8, 4) is 0 Å². The van der Waals surface area contributed by atoms with Crippen molar-refractivity contribution in [2.45, 2.75) is 13.8 Å². The summed E-state index contributed by atoms with van der Waals surface area (Å²) in [5.74, 6) is 0.493. The minimum absolute atomic E-state index is 0.387. The standard InChI is InChI=1S/C4H7F2OP/c1-4(2)3-8(5,6)7/h3H,1-2H3. The monoisotopic (exact) mass is 140 g/mol. The summed E-state index contributed by atoms with van der Waals surface area (Å²) < 4.78 is 32.5. The molecule has 0 saturated carbocycles. The Labute approximate surface area is 47.0 Å². The third kappa shape index (κ3) is 5.83. The zero-order valence-electron chi connectivity index (χ0n) is 4.69. The van der Waals surface area contributed by atoms with E-state index in [-0.39, 0.29) is 0 Å². The summed E-state index contributed by atoms with van der Waals surface area (Å²) in [7, 11) is -4.88. The SMILES string of the molecule is CC(C)=CP(=O)(F)F. The smallest absolute Gasteiger partial charge is 0.245 e. The lowest BCUT2D eigenvalue weighted by molar-refractivity contribution is 0.506. The number of hydrogen-bond acceptors (Lipinski definition) is 1. The van der Waals surface area contributed by atoms with Gasteiger partial charge in [-0.25, -0.2) is 4.57 Å². The molecule has 1 nitrogen and oxygen atoms in total. The van der Waals surface area contributed by atoms with E-state index in [0.29, 0.717) is 11.4 Å². The molecule has 0 unspecified atom stereocenters. The van der Waals surface area contributed by atoms with Crippen LogP contribution in [0.4, 0.5) is 8.39 Å². The van der Waals surface area contributed by atoms with E-state index >= 15 is 0 Å². The van der Waals surface area contributed by atoms with Gasteiger partial charge in [0.1, 0.15) is 0 Å². The second kappa shape index (κ2) is 2.40. The average molecular weight is 140 g/mol. The number of allylic oxidation sites excluding steroid dienone is 1. The van der Waals surface area contributed by atoms with Crippen LogP contribution in [0.1, 0.15) is 13.8 Å². The van der Waals surface area contributed by atoms with Gasteiger partial charge in [0.25, 0.3) is 0 Å². The molecule has 0 aliphatic heterocycles. The first kappa shape index (κ1) is 7.83. The van der Waals surface area contributed by atoms with Crippen LogP contribution in [0.5, 0.6) is 0 Å². The van der Waals surface area contributed by atoms with Gasteiger partial charge in [0.05, 0.1) is 0 Å². The quantitative estimate of drug-likeness (QED) is 0.511. The fourth-order valence-electron chi connectivity index (χ4n) is 0.301. The van der Waals surface area contributed by atoms with E-state index in [9.17, 15) is 13.0 Å². The van der Waals surface area contributed by atoms with Crippen molar-refractivity contribution in [2.75, 3.05) is 0 Å². The second-order valence-corrected chi connectivity index (χ2v) is 2.97. The molecule has 0 aromatic heterocycles. The molecule has 8 heavy (non-hydrogen) atoms. The van der Waals surface area contributed by atoms with Crippen molar-refractivity contribution in [3.05, 3.63) is 11.4 Å². The van der Waals surface area contributed by atoms with Gasteiger partial charge in [-0.3, -0.25) is 0 Å². The lowest BCUT2D eigenvalue weighted by atomic mass is 10.4. The Morgan fingerprint density at radius 2 is 1.88 bits per heavy atom. The van der Waals surface area contributed by atoms with Gasteiger partial charge < -0.3 is 0 Å². The summed E-state index contributed by atoms with van der Waals surface area (Å²) in [6, 6.07) is 0. The molecule has 0 radical (unpaired) electrons. The fraction of sp³-hybridized carbons (Fsp3) is 0.500. The number of hydrogen-bond donors (Lipinski definition) is 0. The van der Waals surface area contributed by atoms with Crippen molar-refractivity contribution in [1.29, 1.82) is 0 Å². The summed E-state index contributed by atoms with van der Waals surface area (Å²) in [4.78, 5) is 0. The maximum atomic E-state index is 11.5. The minimum atomic E-state index is -4.88. The summed E-state index contributed by atoms with van der Waals surface area (Å²) in [5, 5.41) is 0. The predicted octanol–water partition coefficient (Wildman–Crippen LogP) is 3.04. The molecule has 0 aliphatic carbocycles. The molecule has 0 rings (SSSR count). The van der Waals surface area contributed by atoms with Crippen LogP contribution in [0.2, 0.25) is 0 Å². The molecule has 0 spiro atoms. The number of halogens is 2. The van der Waals surface area contributed by atoms with Crippen molar-refractivity contribution < 1.29 is 13.0 Å². The third-order valence-electron chi connectivity index (χ3n) is 0.408. The molecule has 0 N–H and O–H groups in total. The molecule has 0 fully saturated rings. The second-order valence-electron chi connectivity index (χ2n) is 1.71. The lowest BCUT2D eigenvalue weighted by Crippen LogP contribution is -1.59. The van der Waals surface area contributed by atoms with E-state index in [1.54, 1.807) is 0 Å². The summed E-state index contributed by atoms with van der Waals surface area (Å²) >= 11 is 0. The van der Waals surface area contributed by atoms with E-state index in [4.69, 9.17) is 0 Å². The van der Waals surface area contributed by atoms with E-state index < -0.39 is 7.76 Å². The molecule has 4 heteroatoms. The molecule has 0 aromatic rings. The highest BCUT2D eigenvalue weighted by molar-refractivity contribution is 7.56. The van der Waals surface area contributed by atoms with Crippen LogP contribution < -0.4 is 0 Å². The number of rotatable bonds is 1. The molecule has 0 bridgehead atoms. The Hall–Kier alpha value is -0.170. The molecular formula is C4H7F2OP. The van der Waals surface area contributed by atoms with Gasteiger partial charge in [-0.05, 0) is 13.8 Å². The van der Waals surface area contributed by atoms with Crippen LogP contribution in [-0.4, -0.2) is 0 Å². The molecule has 0 aliphatic rings. The van der Waals surface area contributed by atoms with Crippen LogP contribution in [0.25, 0.3) is 0 Å². The van der Waals surface area contributed by atoms with Gasteiger partial charge in [-0.1, -0.05) is 5.57 Å². The summed E-state index contributed by atoms with van der Waals surface area (Å²) in [6.45, 7) is 2.96. The van der Waals surface area contributed by atoms with Crippen LogP contribution in [0, 0.1) is 0 Å². The van der Waals surface area contributed by atoms with Crippen molar-refractivity contribution in [2.24, 2.45) is 0 Å². The molecule has 0 saturated heterocycles. The Bertz CT molecular complexity index is 142. The van der Waals surface area contributed by atoms with Gasteiger partial charge in [-0.2, -0.15) is 0 Å². The molecule has 48 valence electrons. The first-order chi connectivity index (χ1) is 3.42. The van der Waals surface area contributed by atoms with Gasteiger partial charge in [0.2, 0.25) is 0 Å². The van der Waals surface area contributed by atoms with Gasteiger partial charge >= 0.3 is 7.76 Å². The Balaban J connectivity index is 4.11. The van der Waals surface area contributed by atoms with Crippen LogP contribution >= 0.6 is 7.76 Å². The highest BCUT2D eigenvalue weighted by atomic mass is 31.2. The fourth-order valence-corrected chi connectivity index (χ4v) is 0.902. The van der Waals surface area contributed by atoms with E-state index in [1.165, 1.54) is 13.8 Å². The molecule has 0 atom stereocenters. The first-order valence-corrected chi connectivity index (χ1v) is 3.63. The Kier molecular flexibility index (Phi) is 2.35. The Morgan fingerprint density at radius 3 is 1.88 bits per heavy atom. The average Bonchev–Trinajstić information content (AvgIpc) is 1.21. The van der Waals surface area contributed by atoms with Crippen LogP contribution in [0.15, 0.2) is 11.4 Å². The highest BCUT2D eigenvalue weighted by Crippen LogP contribution is 2.51. The molecule has 0 aromatic carbocycles. The van der Waals surface area contributed by atoms with Crippen LogP contribution in [0.3, 0.4) is 0 Å². The minimum Gasteiger partial charge on any atom is -0.245 e. The van der Waals surface area contributed by atoms with Crippen molar-refractivity contribution in [1.82, 2.24) is 0 Å². The molecular weight excluding hydrogens is 133 g/mol. The normalized spacial score (nSPS) is 11.0. The van der Waals surface area contributed by atoms with Crippen LogP contribution in [-0.2, 0) is 4.57 Å². The third-order valence-corrected chi connectivity index (χ3v) is 1.23. The zero-order chi connectivity index (χ0) is 6.78. The van der Waals surface area contributed by atoms with Crippen molar-refractivity contribution >= 4 is 7.76 Å². The molecule has 0 heterocycles.